The summed E-state index contributed by atoms with van der Waals surface area (Å²) in [6.07, 6.45) is 3.37. The number of quaternary nitrogens is 1. The van der Waals surface area contributed by atoms with Crippen LogP contribution in [0.25, 0.3) is 0 Å². The Bertz CT molecular complexity index is 1530. The van der Waals surface area contributed by atoms with Crippen LogP contribution >= 0.6 is 11.6 Å². The summed E-state index contributed by atoms with van der Waals surface area (Å²) < 4.78 is 7.01. The fourth-order valence-corrected chi connectivity index (χ4v) is 4.86. The van der Waals surface area contributed by atoms with Gasteiger partial charge in [-0.15, -0.1) is 0 Å². The Kier molecular flexibility index (Phi) is 7.89. The predicted octanol–water partition coefficient (Wildman–Crippen LogP) is 3.12. The van der Waals surface area contributed by atoms with Gasteiger partial charge < -0.3 is 14.2 Å². The van der Waals surface area contributed by atoms with Crippen molar-refractivity contribution >= 4 is 40.5 Å². The predicted molar refractivity (Wildman–Crippen MR) is 152 cm³/mol. The summed E-state index contributed by atoms with van der Waals surface area (Å²) in [5.41, 5.74) is 3.10. The molecular formula is C28H33ClN7O3+. The van der Waals surface area contributed by atoms with Crippen molar-refractivity contribution in [2.45, 2.75) is 26.8 Å². The number of nitrogens with one attached hydrogen (secondary N) is 1. The van der Waals surface area contributed by atoms with Gasteiger partial charge in [-0.1, -0.05) is 37.6 Å². The maximum absolute atomic E-state index is 13.8. The lowest BCUT2D eigenvalue weighted by molar-refractivity contribution is -0.526. The topological polar surface area (TPSA) is 121 Å². The first-order valence-corrected chi connectivity index (χ1v) is 12.8. The molecule has 10 nitrogen and oxygen atoms in total. The summed E-state index contributed by atoms with van der Waals surface area (Å²) in [6.45, 7) is 5.84. The Labute approximate surface area is 232 Å². The van der Waals surface area contributed by atoms with E-state index in [0.717, 1.165) is 16.8 Å². The fraction of sp³-hybridized carbons (Fsp3) is 0.321. The van der Waals surface area contributed by atoms with E-state index < -0.39 is 11.9 Å². The van der Waals surface area contributed by atoms with Gasteiger partial charge in [0.15, 0.2) is 0 Å². The van der Waals surface area contributed by atoms with Crippen LogP contribution in [0.3, 0.4) is 0 Å². The Morgan fingerprint density at radius 1 is 1.21 bits per heavy atom. The maximum Gasteiger partial charge on any atom is 0.281 e. The van der Waals surface area contributed by atoms with Crippen LogP contribution in [0.15, 0.2) is 58.8 Å². The first-order valence-electron chi connectivity index (χ1n) is 12.5. The van der Waals surface area contributed by atoms with Crippen molar-refractivity contribution in [1.82, 2.24) is 14.5 Å². The molecule has 11 heteroatoms. The second-order valence-electron chi connectivity index (χ2n) is 10.0. The minimum atomic E-state index is -0.724. The highest BCUT2D eigenvalue weighted by molar-refractivity contribution is 6.52. The number of halogens is 1. The summed E-state index contributed by atoms with van der Waals surface area (Å²) >= 11 is 6.20. The molecule has 1 fully saturated rings. The number of anilines is 2. The Morgan fingerprint density at radius 2 is 1.87 bits per heavy atom. The number of rotatable bonds is 7. The van der Waals surface area contributed by atoms with Crippen LogP contribution in [-0.2, 0) is 11.8 Å². The lowest BCUT2D eigenvalue weighted by atomic mass is 9.92. The summed E-state index contributed by atoms with van der Waals surface area (Å²) in [6, 6.07) is 8.08. The smallest absolute Gasteiger partial charge is 0.281 e. The van der Waals surface area contributed by atoms with E-state index in [9.17, 15) is 9.59 Å². The van der Waals surface area contributed by atoms with E-state index in [1.54, 1.807) is 42.5 Å². The average molecular weight is 551 g/mol. The monoisotopic (exact) mass is 550 g/mol. The third kappa shape index (κ3) is 5.30. The molecule has 0 spiro atoms. The molecule has 1 atom stereocenters. The number of benzene rings is 1. The molecule has 0 bridgehead atoms. The molecule has 1 saturated heterocycles. The number of carbonyl (C=O) groups is 1. The number of hydrogen-bond acceptors (Lipinski definition) is 7. The van der Waals surface area contributed by atoms with E-state index in [1.807, 2.05) is 52.3 Å². The van der Waals surface area contributed by atoms with E-state index in [-0.39, 0.29) is 22.9 Å². The molecule has 4 rings (SSSR count). The number of nitrogens with zero attached hydrogens (tertiary/aromatic N) is 5. The van der Waals surface area contributed by atoms with Crippen LogP contribution in [0.2, 0.25) is 5.02 Å². The highest BCUT2D eigenvalue weighted by Gasteiger charge is 2.46. The number of ether oxygens (including phenoxy) is 1. The van der Waals surface area contributed by atoms with Gasteiger partial charge in [-0.25, -0.2) is 4.98 Å². The van der Waals surface area contributed by atoms with Crippen molar-refractivity contribution in [3.63, 3.8) is 0 Å². The summed E-state index contributed by atoms with van der Waals surface area (Å²) in [5.74, 6) is 0.217. The SMILES string of the molecule is COc1nc(N(C)C)ncc1[NH2+]/C(=C1\C(=N)C(=O)N(c2cc(C)cn(C)c2=O)C1c1ccc(Cl)cc1)C(C)C. The fourth-order valence-electron chi connectivity index (χ4n) is 4.73. The van der Waals surface area contributed by atoms with Crippen molar-refractivity contribution in [3.05, 3.63) is 80.5 Å². The molecule has 2 aromatic heterocycles. The normalized spacial score (nSPS) is 16.7. The van der Waals surface area contributed by atoms with Gasteiger partial charge >= 0.3 is 0 Å². The second kappa shape index (κ2) is 11.0. The third-order valence-corrected chi connectivity index (χ3v) is 6.84. The molecule has 3 heterocycles. The zero-order valence-corrected chi connectivity index (χ0v) is 23.9. The molecular weight excluding hydrogens is 518 g/mol. The standard InChI is InChI=1S/C28H32ClN7O3/c1-15(2)23(32-19-13-31-28(34(4)5)33-25(19)39-7)21-22(30)27(38)36(20-12-16(3)14-35(6)26(20)37)24(21)17-8-10-18(29)11-9-17/h8-15,24,30,32H,1-7H3/p+1/b23-21+,30-22?. The van der Waals surface area contributed by atoms with Gasteiger partial charge in [0, 0.05) is 38.3 Å². The molecule has 3 N–H and O–H groups in total. The average Bonchev–Trinajstić information content (AvgIpc) is 3.14. The molecule has 0 aliphatic carbocycles. The molecule has 1 aromatic carbocycles. The number of aromatic nitrogens is 3. The summed E-state index contributed by atoms with van der Waals surface area (Å²) in [4.78, 5) is 39.2. The Balaban J connectivity index is 1.98. The Hall–Kier alpha value is -4.02. The quantitative estimate of drug-likeness (QED) is 0.466. The molecule has 1 aliphatic rings. The van der Waals surface area contributed by atoms with Crippen molar-refractivity contribution in [2.75, 3.05) is 31.0 Å². The van der Waals surface area contributed by atoms with Crippen LogP contribution in [-0.4, -0.2) is 47.4 Å². The number of pyridine rings is 1. The number of amides is 1. The van der Waals surface area contributed by atoms with Crippen LogP contribution in [0.4, 0.5) is 17.3 Å². The zero-order valence-electron chi connectivity index (χ0n) is 23.1. The van der Waals surface area contributed by atoms with Gasteiger partial charge in [-0.2, -0.15) is 4.98 Å². The minimum Gasteiger partial charge on any atom is -0.477 e. The highest BCUT2D eigenvalue weighted by atomic mass is 35.5. The van der Waals surface area contributed by atoms with Crippen molar-refractivity contribution in [1.29, 1.82) is 5.41 Å². The number of hydrogen-bond donors (Lipinski definition) is 2. The number of methoxy groups -OCH3 is 1. The van der Waals surface area contributed by atoms with Crippen molar-refractivity contribution < 1.29 is 14.8 Å². The molecule has 1 unspecified atom stereocenters. The van der Waals surface area contributed by atoms with Gasteiger partial charge in [-0.05, 0) is 36.2 Å². The molecule has 3 aromatic rings. The number of nitrogens with two attached hydrogens (primary N) is 1. The van der Waals surface area contributed by atoms with Crippen molar-refractivity contribution in [2.24, 2.45) is 13.0 Å². The first kappa shape index (κ1) is 28.0. The summed E-state index contributed by atoms with van der Waals surface area (Å²) in [7, 11) is 6.86. The maximum atomic E-state index is 13.8. The lowest BCUT2D eigenvalue weighted by Gasteiger charge is -2.26. The van der Waals surface area contributed by atoms with Gasteiger partial charge in [-0.3, -0.25) is 25.2 Å². The van der Waals surface area contributed by atoms with Crippen LogP contribution in [0.1, 0.15) is 31.0 Å². The van der Waals surface area contributed by atoms with Crippen LogP contribution < -0.4 is 25.4 Å². The Morgan fingerprint density at radius 3 is 2.46 bits per heavy atom. The molecule has 1 amide bonds. The van der Waals surface area contributed by atoms with Crippen LogP contribution in [0, 0.1) is 18.3 Å². The van der Waals surface area contributed by atoms with E-state index >= 15 is 0 Å². The van der Waals surface area contributed by atoms with E-state index in [4.69, 9.17) is 21.7 Å². The molecule has 0 radical (unpaired) electrons. The van der Waals surface area contributed by atoms with E-state index in [0.29, 0.717) is 28.1 Å². The number of carbonyl (C=O) groups excluding carboxylic acids is 1. The first-order chi connectivity index (χ1) is 18.4. The highest BCUT2D eigenvalue weighted by Crippen LogP contribution is 2.40. The largest absolute Gasteiger partial charge is 0.477 e. The number of allylic oxidation sites excluding steroid dienone is 1. The van der Waals surface area contributed by atoms with Crippen LogP contribution in [0.5, 0.6) is 5.88 Å². The lowest BCUT2D eigenvalue weighted by Crippen LogP contribution is -2.77. The van der Waals surface area contributed by atoms with Crippen molar-refractivity contribution in [3.8, 4) is 5.88 Å². The van der Waals surface area contributed by atoms with Gasteiger partial charge in [0.2, 0.25) is 11.6 Å². The zero-order chi connectivity index (χ0) is 28.6. The molecule has 39 heavy (non-hydrogen) atoms. The summed E-state index contributed by atoms with van der Waals surface area (Å²) in [5, 5.41) is 11.4. The van der Waals surface area contributed by atoms with Gasteiger partial charge in [0.1, 0.15) is 17.1 Å². The second-order valence-corrected chi connectivity index (χ2v) is 10.5. The van der Waals surface area contributed by atoms with E-state index in [1.165, 1.54) is 16.6 Å². The third-order valence-electron chi connectivity index (χ3n) is 6.59. The molecule has 204 valence electrons. The van der Waals surface area contributed by atoms with Gasteiger partial charge in [0.25, 0.3) is 17.3 Å². The van der Waals surface area contributed by atoms with Gasteiger partial charge in [0.05, 0.1) is 24.9 Å². The minimum absolute atomic E-state index is 0.0959. The number of aryl methyl sites for hydroxylation is 2. The van der Waals surface area contributed by atoms with E-state index in [2.05, 4.69) is 9.97 Å². The molecule has 1 aliphatic heterocycles. The molecule has 0 saturated carbocycles.